The number of carbonyl (C=O) groups is 2. The summed E-state index contributed by atoms with van der Waals surface area (Å²) in [6, 6.07) is -0.578. The Morgan fingerprint density at radius 3 is 2.67 bits per heavy atom. The molecule has 0 aliphatic carbocycles. The standard InChI is InChI=1S/C7H13N3O2/c1-7(2)6(12)10-4(3-9-7)5(8)11/h4,9H,3H2,1-2H3,(H2,8,11)(H,10,12). The van der Waals surface area contributed by atoms with Gasteiger partial charge in [-0.15, -0.1) is 0 Å². The molecule has 1 rings (SSSR count). The molecule has 1 atom stereocenters. The Labute approximate surface area is 70.7 Å². The molecule has 0 saturated carbocycles. The van der Waals surface area contributed by atoms with E-state index in [9.17, 15) is 9.59 Å². The van der Waals surface area contributed by atoms with Gasteiger partial charge in [0.2, 0.25) is 11.8 Å². The maximum atomic E-state index is 11.2. The topological polar surface area (TPSA) is 84.2 Å². The second kappa shape index (κ2) is 2.75. The summed E-state index contributed by atoms with van der Waals surface area (Å²) in [4.78, 5) is 21.9. The zero-order valence-corrected chi connectivity index (χ0v) is 7.18. The van der Waals surface area contributed by atoms with Crippen LogP contribution in [0.3, 0.4) is 0 Å². The van der Waals surface area contributed by atoms with Crippen LogP contribution in [0.25, 0.3) is 0 Å². The number of carbonyl (C=O) groups excluding carboxylic acids is 2. The number of nitrogens with two attached hydrogens (primary N) is 1. The van der Waals surface area contributed by atoms with Crippen LogP contribution in [-0.2, 0) is 9.59 Å². The molecule has 1 aliphatic heterocycles. The zero-order valence-electron chi connectivity index (χ0n) is 7.18. The molecule has 1 saturated heterocycles. The summed E-state index contributed by atoms with van der Waals surface area (Å²) >= 11 is 0. The van der Waals surface area contributed by atoms with Crippen molar-refractivity contribution in [2.75, 3.05) is 6.54 Å². The van der Waals surface area contributed by atoms with Crippen molar-refractivity contribution < 1.29 is 9.59 Å². The smallest absolute Gasteiger partial charge is 0.241 e. The highest BCUT2D eigenvalue weighted by Crippen LogP contribution is 2.06. The molecule has 1 unspecified atom stereocenters. The van der Waals surface area contributed by atoms with Crippen molar-refractivity contribution in [3.63, 3.8) is 0 Å². The third kappa shape index (κ3) is 1.55. The lowest BCUT2D eigenvalue weighted by atomic mass is 10.00. The van der Waals surface area contributed by atoms with Gasteiger partial charge in [0, 0.05) is 6.54 Å². The van der Waals surface area contributed by atoms with E-state index in [4.69, 9.17) is 5.73 Å². The van der Waals surface area contributed by atoms with E-state index in [-0.39, 0.29) is 5.91 Å². The van der Waals surface area contributed by atoms with Gasteiger partial charge in [0.25, 0.3) is 0 Å². The van der Waals surface area contributed by atoms with E-state index in [1.807, 2.05) is 0 Å². The highest BCUT2D eigenvalue weighted by Gasteiger charge is 2.35. The van der Waals surface area contributed by atoms with Crippen LogP contribution in [0.5, 0.6) is 0 Å². The van der Waals surface area contributed by atoms with Gasteiger partial charge in [-0.3, -0.25) is 9.59 Å². The average Bonchev–Trinajstić information content (AvgIpc) is 1.94. The fraction of sp³-hybridized carbons (Fsp3) is 0.714. The van der Waals surface area contributed by atoms with Crippen LogP contribution in [0.2, 0.25) is 0 Å². The van der Waals surface area contributed by atoms with Gasteiger partial charge in [0.15, 0.2) is 0 Å². The van der Waals surface area contributed by atoms with Crippen LogP contribution in [-0.4, -0.2) is 29.9 Å². The fourth-order valence-corrected chi connectivity index (χ4v) is 0.999. The molecule has 0 aromatic carbocycles. The molecule has 68 valence electrons. The van der Waals surface area contributed by atoms with E-state index in [2.05, 4.69) is 10.6 Å². The lowest BCUT2D eigenvalue weighted by molar-refractivity contribution is -0.133. The van der Waals surface area contributed by atoms with E-state index >= 15 is 0 Å². The van der Waals surface area contributed by atoms with Crippen LogP contribution >= 0.6 is 0 Å². The summed E-state index contributed by atoms with van der Waals surface area (Å²) in [6.45, 7) is 3.90. The summed E-state index contributed by atoms with van der Waals surface area (Å²) in [5.74, 6) is -0.705. The van der Waals surface area contributed by atoms with Crippen LogP contribution < -0.4 is 16.4 Å². The molecule has 1 fully saturated rings. The monoisotopic (exact) mass is 171 g/mol. The zero-order chi connectivity index (χ0) is 9.35. The number of nitrogens with one attached hydrogen (secondary N) is 2. The molecule has 1 aliphatic rings. The summed E-state index contributed by atoms with van der Waals surface area (Å²) in [5.41, 5.74) is 4.42. The van der Waals surface area contributed by atoms with Crippen molar-refractivity contribution in [2.45, 2.75) is 25.4 Å². The molecule has 1 heterocycles. The van der Waals surface area contributed by atoms with Crippen LogP contribution in [0.15, 0.2) is 0 Å². The Hall–Kier alpha value is -1.10. The SMILES string of the molecule is CC1(C)NCC(C(N)=O)NC1=O. The van der Waals surface area contributed by atoms with E-state index in [1.54, 1.807) is 13.8 Å². The molecule has 0 radical (unpaired) electrons. The van der Waals surface area contributed by atoms with Gasteiger partial charge in [-0.2, -0.15) is 0 Å². The largest absolute Gasteiger partial charge is 0.368 e. The van der Waals surface area contributed by atoms with Crippen molar-refractivity contribution in [3.05, 3.63) is 0 Å². The average molecular weight is 171 g/mol. The molecule has 0 spiro atoms. The second-order valence-electron chi connectivity index (χ2n) is 3.43. The quantitative estimate of drug-likeness (QED) is 0.441. The summed E-state index contributed by atoms with van der Waals surface area (Å²) in [6.07, 6.45) is 0. The molecular formula is C7H13N3O2. The van der Waals surface area contributed by atoms with E-state index in [1.165, 1.54) is 0 Å². The number of hydrogen-bond donors (Lipinski definition) is 3. The lowest BCUT2D eigenvalue weighted by Gasteiger charge is -2.33. The Kier molecular flexibility index (Phi) is 2.06. The Balaban J connectivity index is 2.64. The van der Waals surface area contributed by atoms with Crippen molar-refractivity contribution in [1.82, 2.24) is 10.6 Å². The summed E-state index contributed by atoms with van der Waals surface area (Å²) in [5, 5.41) is 5.46. The molecule has 0 bridgehead atoms. The highest BCUT2D eigenvalue weighted by atomic mass is 16.2. The first kappa shape index (κ1) is 8.99. The number of hydrogen-bond acceptors (Lipinski definition) is 3. The van der Waals surface area contributed by atoms with Gasteiger partial charge in [0.05, 0.1) is 5.54 Å². The number of piperazine rings is 1. The van der Waals surface area contributed by atoms with Crippen LogP contribution in [0.1, 0.15) is 13.8 Å². The molecule has 12 heavy (non-hydrogen) atoms. The van der Waals surface area contributed by atoms with E-state index in [0.29, 0.717) is 6.54 Å². The molecule has 0 aromatic rings. The van der Waals surface area contributed by atoms with Gasteiger partial charge in [-0.05, 0) is 13.8 Å². The predicted molar refractivity (Wildman–Crippen MR) is 43.2 cm³/mol. The molecule has 5 nitrogen and oxygen atoms in total. The lowest BCUT2D eigenvalue weighted by Crippen LogP contribution is -2.66. The van der Waals surface area contributed by atoms with Gasteiger partial charge in [-0.25, -0.2) is 0 Å². The molecular weight excluding hydrogens is 158 g/mol. The first-order valence-corrected chi connectivity index (χ1v) is 3.79. The minimum Gasteiger partial charge on any atom is -0.368 e. The first-order valence-electron chi connectivity index (χ1n) is 3.79. The maximum absolute atomic E-state index is 11.2. The second-order valence-corrected chi connectivity index (χ2v) is 3.43. The Bertz CT molecular complexity index is 225. The normalized spacial score (nSPS) is 27.8. The number of amides is 2. The predicted octanol–water partition coefficient (Wildman–Crippen LogP) is -1.66. The fourth-order valence-electron chi connectivity index (χ4n) is 0.999. The summed E-state index contributed by atoms with van der Waals surface area (Å²) in [7, 11) is 0. The molecule has 2 amide bonds. The maximum Gasteiger partial charge on any atom is 0.241 e. The van der Waals surface area contributed by atoms with Crippen molar-refractivity contribution in [3.8, 4) is 0 Å². The van der Waals surface area contributed by atoms with Crippen LogP contribution in [0.4, 0.5) is 0 Å². The Morgan fingerprint density at radius 1 is 1.67 bits per heavy atom. The minimum absolute atomic E-state index is 0.197. The minimum atomic E-state index is -0.605. The van der Waals surface area contributed by atoms with Gasteiger partial charge in [0.1, 0.15) is 6.04 Å². The molecule has 5 heteroatoms. The van der Waals surface area contributed by atoms with Gasteiger partial charge in [-0.1, -0.05) is 0 Å². The third-order valence-electron chi connectivity index (χ3n) is 1.96. The summed E-state index contributed by atoms with van der Waals surface area (Å²) < 4.78 is 0. The van der Waals surface area contributed by atoms with Crippen molar-refractivity contribution in [1.29, 1.82) is 0 Å². The third-order valence-corrected chi connectivity index (χ3v) is 1.96. The van der Waals surface area contributed by atoms with Gasteiger partial charge < -0.3 is 16.4 Å². The van der Waals surface area contributed by atoms with Crippen LogP contribution in [0, 0.1) is 0 Å². The number of rotatable bonds is 1. The Morgan fingerprint density at radius 2 is 2.25 bits per heavy atom. The highest BCUT2D eigenvalue weighted by molar-refractivity contribution is 5.92. The molecule has 4 N–H and O–H groups in total. The van der Waals surface area contributed by atoms with Crippen molar-refractivity contribution >= 4 is 11.8 Å². The number of primary amides is 1. The van der Waals surface area contributed by atoms with E-state index < -0.39 is 17.5 Å². The van der Waals surface area contributed by atoms with E-state index in [0.717, 1.165) is 0 Å². The van der Waals surface area contributed by atoms with Gasteiger partial charge >= 0.3 is 0 Å². The molecule has 0 aromatic heterocycles. The van der Waals surface area contributed by atoms with Crippen molar-refractivity contribution in [2.24, 2.45) is 5.73 Å². The first-order chi connectivity index (χ1) is 5.43.